The lowest BCUT2D eigenvalue weighted by molar-refractivity contribution is 0.287. The minimum Gasteiger partial charge on any atom is -0.490 e. The van der Waals surface area contributed by atoms with Gasteiger partial charge in [0.2, 0.25) is 0 Å². The molecule has 0 radical (unpaired) electrons. The third kappa shape index (κ3) is 5.14. The van der Waals surface area contributed by atoms with E-state index < -0.39 is 9.84 Å². The molecule has 0 fully saturated rings. The summed E-state index contributed by atoms with van der Waals surface area (Å²) < 4.78 is 33.7. The highest BCUT2D eigenvalue weighted by Crippen LogP contribution is 2.39. The van der Waals surface area contributed by atoms with Crippen molar-refractivity contribution in [1.82, 2.24) is 0 Å². The second-order valence-electron chi connectivity index (χ2n) is 4.25. The molecule has 20 heavy (non-hydrogen) atoms. The summed E-state index contributed by atoms with van der Waals surface area (Å²) in [7, 11) is -3.11. The summed E-state index contributed by atoms with van der Waals surface area (Å²) in [5.41, 5.74) is 0.670. The monoisotopic (exact) mass is 384 g/mol. The highest BCUT2D eigenvalue weighted by molar-refractivity contribution is 9.09. The van der Waals surface area contributed by atoms with Gasteiger partial charge in [0, 0.05) is 17.3 Å². The molecular weight excluding hydrogens is 368 g/mol. The number of hydrogen-bond acceptors (Lipinski definition) is 4. The van der Waals surface area contributed by atoms with E-state index in [4.69, 9.17) is 21.1 Å². The number of benzene rings is 1. The van der Waals surface area contributed by atoms with Crippen LogP contribution in [-0.4, -0.2) is 33.6 Å². The van der Waals surface area contributed by atoms with Crippen molar-refractivity contribution in [2.75, 3.05) is 25.2 Å². The maximum atomic E-state index is 11.4. The molecule has 1 atom stereocenters. The lowest BCUT2D eigenvalue weighted by atomic mass is 10.1. The standard InChI is InChI=1S/C13H18BrClO4S/c1-4-18-12-6-9(10(14)8-20(3,16)17)11(15)7-13(12)19-5-2/h6-7,10H,4-5,8H2,1-3H3. The molecule has 1 unspecified atom stereocenters. The van der Waals surface area contributed by atoms with Crippen molar-refractivity contribution in [1.29, 1.82) is 0 Å². The first kappa shape index (κ1) is 17.6. The fourth-order valence-corrected chi connectivity index (χ4v) is 4.63. The minimum atomic E-state index is -3.11. The first-order valence-electron chi connectivity index (χ1n) is 6.19. The number of sulfone groups is 1. The Kier molecular flexibility index (Phi) is 6.61. The summed E-state index contributed by atoms with van der Waals surface area (Å²) in [6.45, 7) is 4.72. The molecule has 0 N–H and O–H groups in total. The van der Waals surface area contributed by atoms with Crippen molar-refractivity contribution in [3.8, 4) is 11.5 Å². The Labute approximate surface area is 133 Å². The second-order valence-corrected chi connectivity index (χ2v) is 7.94. The molecule has 0 bridgehead atoms. The van der Waals surface area contributed by atoms with Crippen LogP contribution in [0.15, 0.2) is 12.1 Å². The molecule has 0 saturated heterocycles. The Morgan fingerprint density at radius 2 is 1.70 bits per heavy atom. The molecule has 0 aliphatic rings. The normalized spacial score (nSPS) is 13.1. The average Bonchev–Trinajstić information content (AvgIpc) is 2.30. The molecule has 0 spiro atoms. The summed E-state index contributed by atoms with van der Waals surface area (Å²) in [6, 6.07) is 3.38. The Morgan fingerprint density at radius 3 is 2.15 bits per heavy atom. The summed E-state index contributed by atoms with van der Waals surface area (Å²) in [5.74, 6) is 1.08. The maximum absolute atomic E-state index is 11.4. The SMILES string of the molecule is CCOc1cc(Cl)c(C(Br)CS(C)(=O)=O)cc1OCC. The fourth-order valence-electron chi connectivity index (χ4n) is 1.68. The Bertz CT molecular complexity index is 560. The van der Waals surface area contributed by atoms with Gasteiger partial charge in [-0.3, -0.25) is 0 Å². The summed E-state index contributed by atoms with van der Waals surface area (Å²) in [6.07, 6.45) is 1.19. The number of ether oxygens (including phenoxy) is 2. The van der Waals surface area contributed by atoms with Crippen molar-refractivity contribution in [2.45, 2.75) is 18.7 Å². The molecule has 0 amide bonds. The second kappa shape index (κ2) is 7.52. The van der Waals surface area contributed by atoms with Crippen molar-refractivity contribution in [2.24, 2.45) is 0 Å². The van der Waals surface area contributed by atoms with Gasteiger partial charge >= 0.3 is 0 Å². The quantitative estimate of drug-likeness (QED) is 0.673. The first-order valence-corrected chi connectivity index (χ1v) is 9.54. The topological polar surface area (TPSA) is 52.6 Å². The van der Waals surface area contributed by atoms with Gasteiger partial charge in [-0.15, -0.1) is 0 Å². The lowest BCUT2D eigenvalue weighted by Gasteiger charge is -2.16. The zero-order valence-electron chi connectivity index (χ0n) is 11.7. The Morgan fingerprint density at radius 1 is 1.20 bits per heavy atom. The van der Waals surface area contributed by atoms with E-state index in [9.17, 15) is 8.42 Å². The largest absolute Gasteiger partial charge is 0.490 e. The number of hydrogen-bond donors (Lipinski definition) is 0. The smallest absolute Gasteiger partial charge is 0.162 e. The van der Waals surface area contributed by atoms with Crippen LogP contribution in [0.2, 0.25) is 5.02 Å². The zero-order valence-corrected chi connectivity index (χ0v) is 14.8. The molecule has 1 aromatic carbocycles. The number of alkyl halides is 1. The summed E-state index contributed by atoms with van der Waals surface area (Å²) in [4.78, 5) is -0.389. The average molecular weight is 386 g/mol. The maximum Gasteiger partial charge on any atom is 0.162 e. The summed E-state index contributed by atoms with van der Waals surface area (Å²) >= 11 is 9.56. The third-order valence-electron chi connectivity index (χ3n) is 2.45. The van der Waals surface area contributed by atoms with Gasteiger partial charge in [0.25, 0.3) is 0 Å². The van der Waals surface area contributed by atoms with E-state index in [0.717, 1.165) is 0 Å². The first-order chi connectivity index (χ1) is 9.28. The van der Waals surface area contributed by atoms with Gasteiger partial charge in [0.1, 0.15) is 9.84 Å². The molecule has 1 rings (SSSR count). The van der Waals surface area contributed by atoms with E-state index in [1.165, 1.54) is 6.26 Å². The van der Waals surface area contributed by atoms with Crippen LogP contribution < -0.4 is 9.47 Å². The van der Waals surface area contributed by atoms with Gasteiger partial charge in [-0.25, -0.2) is 8.42 Å². The molecule has 0 aliphatic carbocycles. The third-order valence-corrected chi connectivity index (χ3v) is 4.96. The van der Waals surface area contributed by atoms with Crippen LogP contribution in [0.25, 0.3) is 0 Å². The highest BCUT2D eigenvalue weighted by atomic mass is 79.9. The van der Waals surface area contributed by atoms with Crippen LogP contribution in [0.5, 0.6) is 11.5 Å². The fraction of sp³-hybridized carbons (Fsp3) is 0.538. The predicted octanol–water partition coefficient (Wildman–Crippen LogP) is 3.62. The van der Waals surface area contributed by atoms with E-state index in [-0.39, 0.29) is 10.6 Å². The highest BCUT2D eigenvalue weighted by Gasteiger charge is 2.20. The number of rotatable bonds is 7. The van der Waals surface area contributed by atoms with Gasteiger partial charge in [0.05, 0.1) is 23.8 Å². The zero-order chi connectivity index (χ0) is 15.3. The van der Waals surface area contributed by atoms with Gasteiger partial charge in [-0.1, -0.05) is 27.5 Å². The molecule has 4 nitrogen and oxygen atoms in total. The molecule has 0 aromatic heterocycles. The van der Waals surface area contributed by atoms with Crippen LogP contribution in [0, 0.1) is 0 Å². The Hall–Kier alpha value is -0.460. The van der Waals surface area contributed by atoms with Crippen LogP contribution in [0.4, 0.5) is 0 Å². The molecule has 0 saturated carbocycles. The van der Waals surface area contributed by atoms with Crippen LogP contribution >= 0.6 is 27.5 Å². The predicted molar refractivity (Wildman–Crippen MR) is 85.2 cm³/mol. The van der Waals surface area contributed by atoms with Crippen molar-refractivity contribution in [3.05, 3.63) is 22.7 Å². The van der Waals surface area contributed by atoms with E-state index in [1.54, 1.807) is 12.1 Å². The Balaban J connectivity index is 3.17. The molecule has 114 valence electrons. The van der Waals surface area contributed by atoms with Gasteiger partial charge < -0.3 is 9.47 Å². The molecule has 1 aromatic rings. The van der Waals surface area contributed by atoms with Gasteiger partial charge in [0.15, 0.2) is 11.5 Å². The number of halogens is 2. The van der Waals surface area contributed by atoms with Crippen LogP contribution in [0.1, 0.15) is 24.2 Å². The van der Waals surface area contributed by atoms with E-state index >= 15 is 0 Å². The molecular formula is C13H18BrClO4S. The minimum absolute atomic E-state index is 0.0354. The summed E-state index contributed by atoms with van der Waals surface area (Å²) in [5, 5.41) is 0.447. The lowest BCUT2D eigenvalue weighted by Crippen LogP contribution is -2.09. The van der Waals surface area contributed by atoms with Gasteiger partial charge in [-0.2, -0.15) is 0 Å². The van der Waals surface area contributed by atoms with Crippen molar-refractivity contribution >= 4 is 37.4 Å². The van der Waals surface area contributed by atoms with E-state index in [0.29, 0.717) is 35.3 Å². The van der Waals surface area contributed by atoms with E-state index in [1.807, 2.05) is 13.8 Å². The molecule has 0 aliphatic heterocycles. The van der Waals surface area contributed by atoms with Crippen LogP contribution in [0.3, 0.4) is 0 Å². The molecule has 7 heteroatoms. The molecule has 0 heterocycles. The van der Waals surface area contributed by atoms with Gasteiger partial charge in [-0.05, 0) is 25.5 Å². The van der Waals surface area contributed by atoms with Crippen molar-refractivity contribution in [3.63, 3.8) is 0 Å². The van der Waals surface area contributed by atoms with E-state index in [2.05, 4.69) is 15.9 Å². The van der Waals surface area contributed by atoms with Crippen molar-refractivity contribution < 1.29 is 17.9 Å². The van der Waals surface area contributed by atoms with Crippen LogP contribution in [-0.2, 0) is 9.84 Å².